The molecule has 3 fully saturated rings. The Morgan fingerprint density at radius 3 is 2.45 bits per heavy atom. The summed E-state index contributed by atoms with van der Waals surface area (Å²) in [6.07, 6.45) is -5.95. The van der Waals surface area contributed by atoms with Gasteiger partial charge in [-0.25, -0.2) is 9.59 Å². The fourth-order valence-corrected chi connectivity index (χ4v) is 6.22. The first kappa shape index (κ1) is 31.8. The van der Waals surface area contributed by atoms with Crippen LogP contribution in [0.4, 0.5) is 0 Å². The van der Waals surface area contributed by atoms with E-state index < -0.39 is 72.6 Å². The second-order valence-electron chi connectivity index (χ2n) is 11.1. The van der Waals surface area contributed by atoms with Gasteiger partial charge in [-0.1, -0.05) is 36.8 Å². The molecule has 10 atom stereocenters. The number of amides is 1. The molecule has 0 aromatic heterocycles. The number of nitrogens with zero attached hydrogens (tertiary/aromatic N) is 1. The third-order valence-corrected chi connectivity index (χ3v) is 8.37. The van der Waals surface area contributed by atoms with E-state index in [2.05, 4.69) is 5.32 Å². The number of likely N-dealkylation sites (tertiary alicyclic amines) is 1. The van der Waals surface area contributed by atoms with Gasteiger partial charge < -0.3 is 39.5 Å². The molecule has 13 heteroatoms. The van der Waals surface area contributed by atoms with Crippen molar-refractivity contribution >= 4 is 23.8 Å². The van der Waals surface area contributed by atoms with Crippen LogP contribution in [0.15, 0.2) is 30.3 Å². The number of esters is 2. The maximum atomic E-state index is 13.9. The van der Waals surface area contributed by atoms with Crippen LogP contribution in [0.3, 0.4) is 0 Å². The van der Waals surface area contributed by atoms with Gasteiger partial charge in [0, 0.05) is 6.04 Å². The number of hydrogen-bond donors (Lipinski definition) is 5. The Morgan fingerprint density at radius 2 is 1.79 bits per heavy atom. The number of carboxylic acid groups (broad SMARTS) is 1. The molecular weight excluding hydrogens is 552 g/mol. The van der Waals surface area contributed by atoms with Crippen LogP contribution in [-0.4, -0.2) is 111 Å². The SMILES string of the molecule is CCOC(=O)[C@H](CCc1ccccc1)N[C@@H](C)C(=O)N1[C@H](C(=O)O[C@@H]2O[C@@H](C(=O)O)[C@@H](O)[C@@H](O)[C@@H]2O)C[C@@H]2CCC[C@@H]21. The normalized spacial score (nSPS) is 32.1. The van der Waals surface area contributed by atoms with Crippen LogP contribution >= 0.6 is 0 Å². The molecule has 2 heterocycles. The number of carboxylic acids is 1. The second-order valence-corrected chi connectivity index (χ2v) is 11.1. The standard InChI is InChI=1S/C29H40N2O11/c1-3-40-27(38)18(13-12-16-8-5-4-6-9-16)30-15(2)25(35)31-19-11-7-10-17(19)14-20(31)28(39)42-29-23(34)21(32)22(33)24(41-29)26(36)37/h4-6,8-9,15,17-24,29-30,32-34H,3,7,10-14H2,1-2H3,(H,36,37)/t15-,17-,18-,19-,20-,21+,22-,23-,24+,29-/m0/s1. The van der Waals surface area contributed by atoms with Gasteiger partial charge in [-0.2, -0.15) is 0 Å². The van der Waals surface area contributed by atoms with Gasteiger partial charge in [0.15, 0.2) is 6.10 Å². The molecule has 13 nitrogen and oxygen atoms in total. The summed E-state index contributed by atoms with van der Waals surface area (Å²) in [4.78, 5) is 52.9. The number of nitrogens with one attached hydrogen (secondary N) is 1. The Morgan fingerprint density at radius 1 is 1.07 bits per heavy atom. The van der Waals surface area contributed by atoms with Gasteiger partial charge in [-0.15, -0.1) is 0 Å². The number of fused-ring (bicyclic) bond motifs is 1. The van der Waals surface area contributed by atoms with Crippen LogP contribution in [0.5, 0.6) is 0 Å². The van der Waals surface area contributed by atoms with Gasteiger partial charge >= 0.3 is 17.9 Å². The van der Waals surface area contributed by atoms with Gasteiger partial charge in [0.2, 0.25) is 12.2 Å². The number of benzene rings is 1. The smallest absolute Gasteiger partial charge is 0.335 e. The van der Waals surface area contributed by atoms with Gasteiger partial charge in [0.1, 0.15) is 30.4 Å². The first-order valence-corrected chi connectivity index (χ1v) is 14.4. The van der Waals surface area contributed by atoms with Gasteiger partial charge in [-0.3, -0.25) is 14.9 Å². The predicted octanol–water partition coefficient (Wildman–Crippen LogP) is -0.266. The molecule has 5 N–H and O–H groups in total. The lowest BCUT2D eigenvalue weighted by atomic mass is 9.99. The molecule has 2 saturated heterocycles. The van der Waals surface area contributed by atoms with Crippen molar-refractivity contribution in [3.63, 3.8) is 0 Å². The molecule has 0 radical (unpaired) electrons. The van der Waals surface area contributed by atoms with Crippen molar-refractivity contribution in [3.8, 4) is 0 Å². The van der Waals surface area contributed by atoms with E-state index in [-0.39, 0.29) is 18.6 Å². The molecule has 3 aliphatic rings. The van der Waals surface area contributed by atoms with E-state index in [0.29, 0.717) is 25.7 Å². The van der Waals surface area contributed by atoms with Crippen LogP contribution in [0.25, 0.3) is 0 Å². The van der Waals surface area contributed by atoms with Gasteiger partial charge in [0.05, 0.1) is 12.6 Å². The maximum absolute atomic E-state index is 13.9. The predicted molar refractivity (Wildman–Crippen MR) is 145 cm³/mol. The van der Waals surface area contributed by atoms with E-state index in [1.165, 1.54) is 4.90 Å². The maximum Gasteiger partial charge on any atom is 0.335 e. The Balaban J connectivity index is 1.47. The highest BCUT2D eigenvalue weighted by atomic mass is 16.7. The number of hydrogen-bond acceptors (Lipinski definition) is 11. The van der Waals surface area contributed by atoms with Crippen LogP contribution in [0.2, 0.25) is 0 Å². The monoisotopic (exact) mass is 592 g/mol. The quantitative estimate of drug-likeness (QED) is 0.212. The zero-order chi connectivity index (χ0) is 30.6. The number of aliphatic carboxylic acids is 1. The molecule has 232 valence electrons. The lowest BCUT2D eigenvalue weighted by Crippen LogP contribution is -2.61. The number of aliphatic hydroxyl groups excluding tert-OH is 3. The number of aliphatic hydroxyl groups is 3. The third kappa shape index (κ3) is 6.92. The molecule has 0 unspecified atom stereocenters. The minimum Gasteiger partial charge on any atom is -0.479 e. The lowest BCUT2D eigenvalue weighted by molar-refractivity contribution is -0.287. The molecule has 0 spiro atoms. The highest BCUT2D eigenvalue weighted by Crippen LogP contribution is 2.42. The van der Waals surface area contributed by atoms with Crippen molar-refractivity contribution in [2.75, 3.05) is 6.61 Å². The van der Waals surface area contributed by atoms with Crippen LogP contribution in [0, 0.1) is 5.92 Å². The number of ether oxygens (including phenoxy) is 3. The van der Waals surface area contributed by atoms with Gasteiger partial charge in [-0.05, 0) is 57.4 Å². The summed E-state index contributed by atoms with van der Waals surface area (Å²) < 4.78 is 15.7. The van der Waals surface area contributed by atoms with E-state index in [1.54, 1.807) is 13.8 Å². The first-order valence-electron chi connectivity index (χ1n) is 14.4. The first-order chi connectivity index (χ1) is 20.0. The lowest BCUT2D eigenvalue weighted by Gasteiger charge is -2.39. The minimum atomic E-state index is -1.93. The highest BCUT2D eigenvalue weighted by Gasteiger charge is 2.53. The number of carbonyl (C=O) groups excluding carboxylic acids is 3. The van der Waals surface area contributed by atoms with E-state index in [4.69, 9.17) is 14.2 Å². The fourth-order valence-electron chi connectivity index (χ4n) is 6.22. The largest absolute Gasteiger partial charge is 0.479 e. The summed E-state index contributed by atoms with van der Waals surface area (Å²) in [5, 5.41) is 42.7. The summed E-state index contributed by atoms with van der Waals surface area (Å²) in [6.45, 7) is 3.50. The molecule has 2 aliphatic heterocycles. The molecule has 4 rings (SSSR count). The van der Waals surface area contributed by atoms with E-state index in [9.17, 15) is 39.6 Å². The van der Waals surface area contributed by atoms with Crippen LogP contribution < -0.4 is 5.32 Å². The number of aryl methyl sites for hydroxylation is 1. The second kappa shape index (κ2) is 13.9. The van der Waals surface area contributed by atoms with Crippen LogP contribution in [0.1, 0.15) is 51.5 Å². The molecule has 1 aliphatic carbocycles. The van der Waals surface area contributed by atoms with E-state index in [0.717, 1.165) is 18.4 Å². The summed E-state index contributed by atoms with van der Waals surface area (Å²) in [7, 11) is 0. The van der Waals surface area contributed by atoms with Crippen molar-refractivity contribution in [3.05, 3.63) is 35.9 Å². The Hall–Kier alpha value is -3.10. The van der Waals surface area contributed by atoms with Crippen molar-refractivity contribution in [1.82, 2.24) is 10.2 Å². The van der Waals surface area contributed by atoms with Crippen molar-refractivity contribution in [2.45, 2.75) is 107 Å². The highest BCUT2D eigenvalue weighted by molar-refractivity contribution is 5.89. The molecule has 1 aromatic carbocycles. The number of rotatable bonds is 11. The summed E-state index contributed by atoms with van der Waals surface area (Å²) >= 11 is 0. The molecule has 1 saturated carbocycles. The van der Waals surface area contributed by atoms with Crippen molar-refractivity contribution in [2.24, 2.45) is 5.92 Å². The Kier molecular flexibility index (Phi) is 10.5. The average molecular weight is 593 g/mol. The minimum absolute atomic E-state index is 0.0361. The molecular formula is C29H40N2O11. The topological polar surface area (TPSA) is 192 Å². The summed E-state index contributed by atoms with van der Waals surface area (Å²) in [6, 6.07) is 6.67. The zero-order valence-electron chi connectivity index (χ0n) is 23.7. The molecule has 0 bridgehead atoms. The Labute approximate surface area is 243 Å². The number of carbonyl (C=O) groups is 4. The Bertz CT molecular complexity index is 1120. The fraction of sp³-hybridized carbons (Fsp3) is 0.655. The van der Waals surface area contributed by atoms with Gasteiger partial charge in [0.25, 0.3) is 0 Å². The molecule has 1 aromatic rings. The van der Waals surface area contributed by atoms with Crippen molar-refractivity contribution < 1.29 is 53.8 Å². The zero-order valence-corrected chi connectivity index (χ0v) is 23.7. The third-order valence-electron chi connectivity index (χ3n) is 8.37. The molecule has 1 amide bonds. The van der Waals surface area contributed by atoms with E-state index >= 15 is 0 Å². The van der Waals surface area contributed by atoms with Crippen molar-refractivity contribution in [1.29, 1.82) is 0 Å². The average Bonchev–Trinajstić information content (AvgIpc) is 3.57. The van der Waals surface area contributed by atoms with E-state index in [1.807, 2.05) is 30.3 Å². The summed E-state index contributed by atoms with van der Waals surface area (Å²) in [5.41, 5.74) is 1.03. The van der Waals surface area contributed by atoms with Crippen LogP contribution in [-0.2, 0) is 39.8 Å². The summed E-state index contributed by atoms with van der Waals surface area (Å²) in [5.74, 6) is -3.39. The molecule has 42 heavy (non-hydrogen) atoms.